The lowest BCUT2D eigenvalue weighted by Crippen LogP contribution is -2.57. The maximum Gasteiger partial charge on any atom is 0.132 e. The number of rotatable bonds is 5. The van der Waals surface area contributed by atoms with Gasteiger partial charge in [0.1, 0.15) is 29.9 Å². The van der Waals surface area contributed by atoms with Crippen LogP contribution >= 0.6 is 11.8 Å². The van der Waals surface area contributed by atoms with Crippen molar-refractivity contribution in [1.29, 1.82) is 0 Å². The molecule has 0 bridgehead atoms. The average molecular weight is 306 g/mol. The summed E-state index contributed by atoms with van der Waals surface area (Å²) in [7, 11) is 0. The van der Waals surface area contributed by atoms with Gasteiger partial charge in [0, 0.05) is 0 Å². The molecule has 0 spiro atoms. The molecule has 1 saturated carbocycles. The first-order valence-electron chi connectivity index (χ1n) is 7.55. The van der Waals surface area contributed by atoms with Crippen LogP contribution in [0.25, 0.3) is 0 Å². The molecular weight excluding hydrogens is 280 g/mol. The zero-order valence-electron chi connectivity index (χ0n) is 11.7. The molecular formula is C14H26O5S. The van der Waals surface area contributed by atoms with Crippen LogP contribution in [-0.2, 0) is 4.74 Å². The topological polar surface area (TPSA) is 90.2 Å². The van der Waals surface area contributed by atoms with E-state index in [2.05, 4.69) is 0 Å². The lowest BCUT2D eigenvalue weighted by molar-refractivity contribution is -0.205. The maximum absolute atomic E-state index is 9.92. The summed E-state index contributed by atoms with van der Waals surface area (Å²) in [4.78, 5) is 0. The highest BCUT2D eigenvalue weighted by atomic mass is 32.2. The first-order chi connectivity index (χ1) is 9.63. The van der Waals surface area contributed by atoms with Crippen molar-refractivity contribution >= 4 is 11.8 Å². The van der Waals surface area contributed by atoms with E-state index in [0.717, 1.165) is 18.1 Å². The van der Waals surface area contributed by atoms with Crippen LogP contribution in [-0.4, -0.2) is 62.6 Å². The molecule has 0 aromatic heterocycles. The van der Waals surface area contributed by atoms with Gasteiger partial charge in [-0.3, -0.25) is 0 Å². The summed E-state index contributed by atoms with van der Waals surface area (Å²) < 4.78 is 5.47. The van der Waals surface area contributed by atoms with E-state index in [0.29, 0.717) is 0 Å². The minimum Gasteiger partial charge on any atom is -0.394 e. The van der Waals surface area contributed by atoms with Crippen molar-refractivity contribution in [1.82, 2.24) is 0 Å². The average Bonchev–Trinajstić information content (AvgIpc) is 2.48. The Morgan fingerprint density at radius 3 is 2.30 bits per heavy atom. The van der Waals surface area contributed by atoms with Gasteiger partial charge >= 0.3 is 0 Å². The predicted octanol–water partition coefficient (Wildman–Crippen LogP) is 0.490. The van der Waals surface area contributed by atoms with E-state index in [4.69, 9.17) is 9.84 Å². The third-order valence-corrected chi connectivity index (χ3v) is 5.57. The minimum atomic E-state index is -1.26. The Hall–Kier alpha value is 0.150. The molecule has 4 N–H and O–H groups in total. The third kappa shape index (κ3) is 4.08. The van der Waals surface area contributed by atoms with Crippen molar-refractivity contribution in [3.8, 4) is 0 Å². The van der Waals surface area contributed by atoms with Crippen molar-refractivity contribution in [3.05, 3.63) is 0 Å². The van der Waals surface area contributed by atoms with Crippen LogP contribution in [0.1, 0.15) is 38.5 Å². The van der Waals surface area contributed by atoms with Crippen molar-refractivity contribution in [2.24, 2.45) is 5.92 Å². The molecule has 118 valence electrons. The van der Waals surface area contributed by atoms with Crippen LogP contribution < -0.4 is 0 Å². The summed E-state index contributed by atoms with van der Waals surface area (Å²) in [5.41, 5.74) is -0.575. The fraction of sp³-hybridized carbons (Fsp3) is 1.00. The number of aliphatic hydroxyl groups excluding tert-OH is 4. The van der Waals surface area contributed by atoms with Crippen LogP contribution in [0.2, 0.25) is 0 Å². The van der Waals surface area contributed by atoms with E-state index in [1.54, 1.807) is 0 Å². The molecule has 6 heteroatoms. The maximum atomic E-state index is 9.92. The SMILES string of the molecule is OC[C@H]1O[C@H](SCCC2CCCCC2)[C@@H](O)[C@@H](O)[C@@H]1O. The monoisotopic (exact) mass is 306 g/mol. The van der Waals surface area contributed by atoms with Crippen molar-refractivity contribution in [2.45, 2.75) is 68.4 Å². The quantitative estimate of drug-likeness (QED) is 0.591. The third-order valence-electron chi connectivity index (χ3n) is 4.38. The molecule has 0 aromatic carbocycles. The normalized spacial score (nSPS) is 39.9. The summed E-state index contributed by atoms with van der Waals surface area (Å²) in [5.74, 6) is 1.63. The van der Waals surface area contributed by atoms with Crippen molar-refractivity contribution < 1.29 is 25.2 Å². The van der Waals surface area contributed by atoms with Crippen LogP contribution in [0, 0.1) is 5.92 Å². The van der Waals surface area contributed by atoms with Crippen LogP contribution in [0.3, 0.4) is 0 Å². The molecule has 0 radical (unpaired) electrons. The minimum absolute atomic E-state index is 0.357. The number of aliphatic hydroxyl groups is 4. The standard InChI is InChI=1S/C14H26O5S/c15-8-10-11(16)12(17)13(18)14(19-10)20-7-6-9-4-2-1-3-5-9/h9-18H,1-8H2/t10-,11-,12+,13+,14-/m1/s1. The molecule has 0 aromatic rings. The molecule has 2 aliphatic rings. The second-order valence-electron chi connectivity index (χ2n) is 5.86. The molecule has 0 unspecified atom stereocenters. The van der Waals surface area contributed by atoms with Crippen molar-refractivity contribution in [3.63, 3.8) is 0 Å². The smallest absolute Gasteiger partial charge is 0.132 e. The summed E-state index contributed by atoms with van der Waals surface area (Å²) >= 11 is 1.47. The van der Waals surface area contributed by atoms with E-state index < -0.39 is 29.9 Å². The lowest BCUT2D eigenvalue weighted by atomic mass is 9.88. The molecule has 1 aliphatic carbocycles. The predicted molar refractivity (Wildman–Crippen MR) is 77.4 cm³/mol. The second kappa shape index (κ2) is 7.96. The van der Waals surface area contributed by atoms with Gasteiger partial charge in [-0.2, -0.15) is 0 Å². The molecule has 1 aliphatic heterocycles. The second-order valence-corrected chi connectivity index (χ2v) is 7.07. The van der Waals surface area contributed by atoms with Gasteiger partial charge < -0.3 is 25.2 Å². The van der Waals surface area contributed by atoms with Crippen LogP contribution in [0.15, 0.2) is 0 Å². The Morgan fingerprint density at radius 1 is 0.950 bits per heavy atom. The zero-order valence-corrected chi connectivity index (χ0v) is 12.5. The number of thioether (sulfide) groups is 1. The highest BCUT2D eigenvalue weighted by Gasteiger charge is 2.43. The summed E-state index contributed by atoms with van der Waals surface area (Å²) in [6, 6.07) is 0. The van der Waals surface area contributed by atoms with Gasteiger partial charge in [0.15, 0.2) is 0 Å². The van der Waals surface area contributed by atoms with Gasteiger partial charge in [0.2, 0.25) is 0 Å². The number of hydrogen-bond acceptors (Lipinski definition) is 6. The van der Waals surface area contributed by atoms with E-state index in [1.165, 1.54) is 43.9 Å². The molecule has 5 atom stereocenters. The van der Waals surface area contributed by atoms with Crippen molar-refractivity contribution in [2.75, 3.05) is 12.4 Å². The van der Waals surface area contributed by atoms with Gasteiger partial charge in [-0.15, -0.1) is 11.8 Å². The Kier molecular flexibility index (Phi) is 6.58. The van der Waals surface area contributed by atoms with E-state index >= 15 is 0 Å². The van der Waals surface area contributed by atoms with Gasteiger partial charge in [0.05, 0.1) is 6.61 Å². The van der Waals surface area contributed by atoms with E-state index in [9.17, 15) is 15.3 Å². The summed E-state index contributed by atoms with van der Waals surface area (Å²) in [5, 5.41) is 38.5. The zero-order chi connectivity index (χ0) is 14.5. The highest BCUT2D eigenvalue weighted by molar-refractivity contribution is 7.99. The Bertz CT molecular complexity index is 283. The number of hydrogen-bond donors (Lipinski definition) is 4. The Balaban J connectivity index is 1.76. The Labute approximate surface area is 124 Å². The first kappa shape index (κ1) is 16.5. The van der Waals surface area contributed by atoms with E-state index in [1.807, 2.05) is 0 Å². The largest absolute Gasteiger partial charge is 0.394 e. The number of ether oxygens (including phenoxy) is 1. The van der Waals surface area contributed by atoms with Gasteiger partial charge in [-0.05, 0) is 18.1 Å². The molecule has 20 heavy (non-hydrogen) atoms. The molecule has 0 amide bonds. The summed E-state index contributed by atoms with van der Waals surface area (Å²) in [6.45, 7) is -0.357. The van der Waals surface area contributed by atoms with Gasteiger partial charge in [-0.1, -0.05) is 32.1 Å². The van der Waals surface area contributed by atoms with Gasteiger partial charge in [0.25, 0.3) is 0 Å². The molecule has 1 heterocycles. The van der Waals surface area contributed by atoms with Gasteiger partial charge in [-0.25, -0.2) is 0 Å². The van der Waals surface area contributed by atoms with E-state index in [-0.39, 0.29) is 6.61 Å². The molecule has 2 fully saturated rings. The fourth-order valence-electron chi connectivity index (χ4n) is 3.03. The fourth-order valence-corrected chi connectivity index (χ4v) is 4.31. The van der Waals surface area contributed by atoms with Crippen LogP contribution in [0.4, 0.5) is 0 Å². The lowest BCUT2D eigenvalue weighted by Gasteiger charge is -2.39. The molecule has 5 nitrogen and oxygen atoms in total. The highest BCUT2D eigenvalue weighted by Crippen LogP contribution is 2.32. The molecule has 2 rings (SSSR count). The first-order valence-corrected chi connectivity index (χ1v) is 8.60. The molecule has 1 saturated heterocycles. The Morgan fingerprint density at radius 2 is 1.65 bits per heavy atom. The summed E-state index contributed by atoms with van der Waals surface area (Å²) in [6.07, 6.45) is 3.23. The van der Waals surface area contributed by atoms with Crippen LogP contribution in [0.5, 0.6) is 0 Å².